The van der Waals surface area contributed by atoms with Crippen molar-refractivity contribution in [3.63, 3.8) is 0 Å². The van der Waals surface area contributed by atoms with Crippen LogP contribution in [0.4, 0.5) is 5.69 Å². The Kier molecular flexibility index (Phi) is 4.55. The third-order valence-corrected chi connectivity index (χ3v) is 4.23. The van der Waals surface area contributed by atoms with Gasteiger partial charge in [-0.2, -0.15) is 0 Å². The molecule has 0 saturated carbocycles. The van der Waals surface area contributed by atoms with Crippen LogP contribution in [0.2, 0.25) is 4.47 Å². The molecule has 0 radical (unpaired) electrons. The smallest absolute Gasteiger partial charge is 0.251 e. The Hall–Kier alpha value is -2.44. The number of hydrogen-bond acceptors (Lipinski definition) is 4. The number of aromatic nitrogens is 1. The molecule has 5 nitrogen and oxygen atoms in total. The van der Waals surface area contributed by atoms with Crippen molar-refractivity contribution in [2.75, 3.05) is 11.9 Å². The molecule has 2 amide bonds. The number of nitrogens with zero attached hydrogens (tertiary/aromatic N) is 1. The second-order valence-corrected chi connectivity index (χ2v) is 6.36. The van der Waals surface area contributed by atoms with Crippen molar-refractivity contribution in [1.82, 2.24) is 10.3 Å². The zero-order valence-electron chi connectivity index (χ0n) is 11.9. The lowest BCUT2D eigenvalue weighted by atomic mass is 10.2. The van der Waals surface area contributed by atoms with Crippen LogP contribution in [0.25, 0.3) is 10.2 Å². The first-order valence-corrected chi connectivity index (χ1v) is 8.00. The molecule has 7 heteroatoms. The summed E-state index contributed by atoms with van der Waals surface area (Å²) in [4.78, 5) is 28.0. The Morgan fingerprint density at radius 3 is 2.70 bits per heavy atom. The number of thiazole rings is 1. The minimum Gasteiger partial charge on any atom is -0.343 e. The fourth-order valence-corrected chi connectivity index (χ4v) is 3.04. The van der Waals surface area contributed by atoms with Gasteiger partial charge in [-0.15, -0.1) is 11.3 Å². The van der Waals surface area contributed by atoms with Crippen molar-refractivity contribution in [2.24, 2.45) is 0 Å². The third-order valence-electron chi connectivity index (χ3n) is 3.09. The Morgan fingerprint density at radius 1 is 1.13 bits per heavy atom. The topological polar surface area (TPSA) is 71.1 Å². The Labute approximate surface area is 141 Å². The van der Waals surface area contributed by atoms with E-state index in [1.54, 1.807) is 30.3 Å². The van der Waals surface area contributed by atoms with Crippen molar-refractivity contribution in [3.05, 3.63) is 58.6 Å². The molecular weight excluding hydrogens is 334 g/mol. The monoisotopic (exact) mass is 345 g/mol. The minimum atomic E-state index is -0.334. The molecule has 23 heavy (non-hydrogen) atoms. The summed E-state index contributed by atoms with van der Waals surface area (Å²) in [6.45, 7) is -0.108. The second-order valence-electron chi connectivity index (χ2n) is 4.75. The lowest BCUT2D eigenvalue weighted by molar-refractivity contribution is -0.115. The van der Waals surface area contributed by atoms with Crippen LogP contribution in [0.1, 0.15) is 10.4 Å². The quantitative estimate of drug-likeness (QED) is 0.762. The highest BCUT2D eigenvalue weighted by Crippen LogP contribution is 2.26. The van der Waals surface area contributed by atoms with Crippen LogP contribution in [0.5, 0.6) is 0 Å². The SMILES string of the molecule is O=C(CNC(=O)c1ccc2sc(Cl)nc2c1)Nc1ccccc1. The number of amides is 2. The summed E-state index contributed by atoms with van der Waals surface area (Å²) in [5, 5.41) is 5.28. The number of carbonyl (C=O) groups excluding carboxylic acids is 2. The minimum absolute atomic E-state index is 0.108. The van der Waals surface area contributed by atoms with E-state index in [1.165, 1.54) is 11.3 Å². The van der Waals surface area contributed by atoms with Gasteiger partial charge in [0.25, 0.3) is 5.91 Å². The first-order valence-electron chi connectivity index (χ1n) is 6.81. The molecule has 2 aromatic carbocycles. The molecule has 2 N–H and O–H groups in total. The molecule has 0 aliphatic rings. The normalized spacial score (nSPS) is 10.5. The van der Waals surface area contributed by atoms with Gasteiger partial charge in [0.05, 0.1) is 16.8 Å². The Bertz CT molecular complexity index is 864. The number of rotatable bonds is 4. The fourth-order valence-electron chi connectivity index (χ4n) is 2.03. The summed E-state index contributed by atoms with van der Waals surface area (Å²) < 4.78 is 1.34. The van der Waals surface area contributed by atoms with Crippen molar-refractivity contribution in [1.29, 1.82) is 0 Å². The van der Waals surface area contributed by atoms with Gasteiger partial charge >= 0.3 is 0 Å². The van der Waals surface area contributed by atoms with E-state index in [1.807, 2.05) is 18.2 Å². The molecule has 3 aromatic rings. The molecular formula is C16H12ClN3O2S. The fraction of sp³-hybridized carbons (Fsp3) is 0.0625. The van der Waals surface area contributed by atoms with Gasteiger partial charge in [-0.25, -0.2) is 4.98 Å². The molecule has 0 unspecified atom stereocenters. The number of nitrogens with one attached hydrogen (secondary N) is 2. The molecule has 0 bridgehead atoms. The molecule has 0 spiro atoms. The van der Waals surface area contributed by atoms with E-state index in [0.717, 1.165) is 4.70 Å². The lowest BCUT2D eigenvalue weighted by Crippen LogP contribution is -2.32. The van der Waals surface area contributed by atoms with E-state index < -0.39 is 0 Å². The van der Waals surface area contributed by atoms with Crippen molar-refractivity contribution in [3.8, 4) is 0 Å². The van der Waals surface area contributed by atoms with Crippen LogP contribution in [-0.4, -0.2) is 23.3 Å². The predicted octanol–water partition coefficient (Wildman–Crippen LogP) is 3.32. The van der Waals surface area contributed by atoms with E-state index >= 15 is 0 Å². The van der Waals surface area contributed by atoms with Gasteiger partial charge in [-0.05, 0) is 30.3 Å². The summed E-state index contributed by atoms with van der Waals surface area (Å²) in [6.07, 6.45) is 0. The lowest BCUT2D eigenvalue weighted by Gasteiger charge is -2.07. The largest absolute Gasteiger partial charge is 0.343 e. The number of para-hydroxylation sites is 1. The molecule has 0 aliphatic carbocycles. The third kappa shape index (κ3) is 3.85. The van der Waals surface area contributed by atoms with Gasteiger partial charge in [0, 0.05) is 11.3 Å². The van der Waals surface area contributed by atoms with Gasteiger partial charge in [-0.1, -0.05) is 29.8 Å². The zero-order valence-corrected chi connectivity index (χ0v) is 13.4. The van der Waals surface area contributed by atoms with E-state index in [-0.39, 0.29) is 18.4 Å². The highest BCUT2D eigenvalue weighted by molar-refractivity contribution is 7.22. The number of hydrogen-bond donors (Lipinski definition) is 2. The average Bonchev–Trinajstić information content (AvgIpc) is 2.92. The van der Waals surface area contributed by atoms with Crippen LogP contribution >= 0.6 is 22.9 Å². The van der Waals surface area contributed by atoms with Crippen LogP contribution < -0.4 is 10.6 Å². The summed E-state index contributed by atoms with van der Waals surface area (Å²) in [6, 6.07) is 14.2. The number of benzene rings is 2. The number of halogens is 1. The average molecular weight is 346 g/mol. The molecule has 1 heterocycles. The van der Waals surface area contributed by atoms with Gasteiger partial charge in [0.15, 0.2) is 4.47 Å². The van der Waals surface area contributed by atoms with Crippen molar-refractivity contribution >= 4 is 50.7 Å². The zero-order chi connectivity index (χ0) is 16.2. The summed E-state index contributed by atoms with van der Waals surface area (Å²) in [7, 11) is 0. The Morgan fingerprint density at radius 2 is 1.91 bits per heavy atom. The summed E-state index contributed by atoms with van der Waals surface area (Å²) in [5.74, 6) is -0.624. The number of carbonyl (C=O) groups is 2. The van der Waals surface area contributed by atoms with Crippen LogP contribution in [-0.2, 0) is 4.79 Å². The number of anilines is 1. The van der Waals surface area contributed by atoms with Gasteiger partial charge in [0.2, 0.25) is 5.91 Å². The van der Waals surface area contributed by atoms with Crippen LogP contribution in [0, 0.1) is 0 Å². The van der Waals surface area contributed by atoms with Crippen molar-refractivity contribution in [2.45, 2.75) is 0 Å². The Balaban J connectivity index is 1.60. The van der Waals surface area contributed by atoms with E-state index in [9.17, 15) is 9.59 Å². The van der Waals surface area contributed by atoms with E-state index in [4.69, 9.17) is 11.6 Å². The molecule has 0 aliphatic heterocycles. The van der Waals surface area contributed by atoms with Gasteiger partial charge in [0.1, 0.15) is 0 Å². The maximum atomic E-state index is 12.1. The molecule has 0 fully saturated rings. The van der Waals surface area contributed by atoms with Crippen LogP contribution in [0.3, 0.4) is 0 Å². The highest BCUT2D eigenvalue weighted by Gasteiger charge is 2.10. The summed E-state index contributed by atoms with van der Waals surface area (Å²) in [5.41, 5.74) is 1.79. The predicted molar refractivity (Wildman–Crippen MR) is 92.0 cm³/mol. The highest BCUT2D eigenvalue weighted by atomic mass is 35.5. The molecule has 3 rings (SSSR count). The number of fused-ring (bicyclic) bond motifs is 1. The second kappa shape index (κ2) is 6.76. The van der Waals surface area contributed by atoms with E-state index in [0.29, 0.717) is 21.2 Å². The van der Waals surface area contributed by atoms with Crippen molar-refractivity contribution < 1.29 is 9.59 Å². The van der Waals surface area contributed by atoms with Crippen LogP contribution in [0.15, 0.2) is 48.5 Å². The molecule has 1 aromatic heterocycles. The molecule has 0 atom stereocenters. The standard InChI is InChI=1S/C16H12ClN3O2S/c17-16-20-12-8-10(6-7-13(12)23-16)15(22)18-9-14(21)19-11-4-2-1-3-5-11/h1-8H,9H2,(H,18,22)(H,19,21). The first kappa shape index (κ1) is 15.5. The maximum Gasteiger partial charge on any atom is 0.251 e. The van der Waals surface area contributed by atoms with E-state index in [2.05, 4.69) is 15.6 Å². The maximum absolute atomic E-state index is 12.1. The molecule has 0 saturated heterocycles. The first-order chi connectivity index (χ1) is 11.1. The summed E-state index contributed by atoms with van der Waals surface area (Å²) >= 11 is 7.20. The molecule has 116 valence electrons. The van der Waals surface area contributed by atoms with Gasteiger partial charge in [-0.3, -0.25) is 9.59 Å². The van der Waals surface area contributed by atoms with Gasteiger partial charge < -0.3 is 10.6 Å².